The van der Waals surface area contributed by atoms with Gasteiger partial charge in [-0.15, -0.1) is 0 Å². The third-order valence-corrected chi connectivity index (χ3v) is 6.02. The summed E-state index contributed by atoms with van der Waals surface area (Å²) in [6.45, 7) is 8.32. The predicted octanol–water partition coefficient (Wildman–Crippen LogP) is 5.97. The lowest BCUT2D eigenvalue weighted by atomic mass is 9.92. The highest BCUT2D eigenvalue weighted by molar-refractivity contribution is 6.00. The number of carbonyl (C=O) groups excluding carboxylic acids is 2. The first kappa shape index (κ1) is 23.1. The van der Waals surface area contributed by atoms with Crippen LogP contribution in [0.25, 0.3) is 22.4 Å². The van der Waals surface area contributed by atoms with Gasteiger partial charge in [0.25, 0.3) is 0 Å². The van der Waals surface area contributed by atoms with Crippen LogP contribution in [0, 0.1) is 18.8 Å². The van der Waals surface area contributed by atoms with Crippen molar-refractivity contribution < 1.29 is 9.59 Å². The molecular formula is C28H28N4O2. The number of benzene rings is 2. The number of allylic oxidation sites excluding steroid dienone is 1. The predicted molar refractivity (Wildman–Crippen MR) is 136 cm³/mol. The largest absolute Gasteiger partial charge is 0.337 e. The molecule has 1 amide bonds. The van der Waals surface area contributed by atoms with Gasteiger partial charge >= 0.3 is 0 Å². The van der Waals surface area contributed by atoms with Crippen molar-refractivity contribution >= 4 is 29.0 Å². The lowest BCUT2D eigenvalue weighted by molar-refractivity contribution is -0.105. The summed E-state index contributed by atoms with van der Waals surface area (Å²) in [4.78, 5) is 35.2. The van der Waals surface area contributed by atoms with E-state index in [9.17, 15) is 9.59 Å². The number of anilines is 1. The lowest BCUT2D eigenvalue weighted by Crippen LogP contribution is -2.12. The van der Waals surface area contributed by atoms with Crippen molar-refractivity contribution in [2.75, 3.05) is 5.32 Å². The van der Waals surface area contributed by atoms with Gasteiger partial charge in [0.15, 0.2) is 5.78 Å². The summed E-state index contributed by atoms with van der Waals surface area (Å²) < 4.78 is 0. The van der Waals surface area contributed by atoms with E-state index in [2.05, 4.69) is 52.8 Å². The van der Waals surface area contributed by atoms with Gasteiger partial charge in [0, 0.05) is 23.1 Å². The highest BCUT2D eigenvalue weighted by atomic mass is 16.1. The highest BCUT2D eigenvalue weighted by Gasteiger charge is 2.31. The van der Waals surface area contributed by atoms with Gasteiger partial charge in [-0.3, -0.25) is 9.59 Å². The van der Waals surface area contributed by atoms with Crippen LogP contribution in [0.5, 0.6) is 0 Å². The first-order valence-corrected chi connectivity index (χ1v) is 11.3. The van der Waals surface area contributed by atoms with Crippen molar-refractivity contribution in [2.24, 2.45) is 11.8 Å². The Morgan fingerprint density at radius 1 is 1.15 bits per heavy atom. The number of nitrogens with zero attached hydrogens (tertiary/aromatic N) is 2. The van der Waals surface area contributed by atoms with Gasteiger partial charge in [-0.2, -0.15) is 0 Å². The average molecular weight is 453 g/mol. The number of fused-ring (bicyclic) bond motifs is 1. The summed E-state index contributed by atoms with van der Waals surface area (Å²) in [5.41, 5.74) is 5.43. The van der Waals surface area contributed by atoms with Crippen LogP contribution in [-0.4, -0.2) is 27.1 Å². The van der Waals surface area contributed by atoms with Gasteiger partial charge in [-0.25, -0.2) is 9.97 Å². The van der Waals surface area contributed by atoms with Crippen molar-refractivity contribution in [3.8, 4) is 11.4 Å². The molecular weight excluding hydrogens is 424 g/mol. The second-order valence-corrected chi connectivity index (χ2v) is 8.79. The molecule has 1 aliphatic rings. The van der Waals surface area contributed by atoms with E-state index < -0.39 is 0 Å². The third-order valence-electron chi connectivity index (χ3n) is 6.02. The number of aryl methyl sites for hydroxylation is 1. The van der Waals surface area contributed by atoms with Gasteiger partial charge in [-0.1, -0.05) is 79.2 Å². The average Bonchev–Trinajstić information content (AvgIpc) is 3.42. The highest BCUT2D eigenvalue weighted by Crippen LogP contribution is 2.36. The molecule has 0 radical (unpaired) electrons. The number of hydrogen-bond acceptors (Lipinski definition) is 4. The van der Waals surface area contributed by atoms with E-state index in [0.29, 0.717) is 35.1 Å². The van der Waals surface area contributed by atoms with E-state index in [1.807, 2.05) is 42.5 Å². The minimum Gasteiger partial charge on any atom is -0.337 e. The molecule has 1 fully saturated rings. The van der Waals surface area contributed by atoms with Crippen LogP contribution in [0.4, 0.5) is 5.82 Å². The van der Waals surface area contributed by atoms with E-state index in [1.165, 1.54) is 5.56 Å². The Morgan fingerprint density at radius 3 is 2.47 bits per heavy atom. The van der Waals surface area contributed by atoms with E-state index in [1.54, 1.807) is 12.3 Å². The second-order valence-electron chi connectivity index (χ2n) is 8.79. The van der Waals surface area contributed by atoms with Gasteiger partial charge in [0.1, 0.15) is 11.6 Å². The van der Waals surface area contributed by atoms with E-state index in [0.717, 1.165) is 29.5 Å². The standard InChI is InChI=1S/C21H20N4O2.C7H8/c1-12-7-13(2)16(8-12)20(27)14-3-5-15(6-4-14)21-24-17-9-19(23-11-26)22-10-18(17)25-21;1-7-5-3-2-4-6-7/h3-6,9-12,16H,2,7-8H2,1H3,(H,24,25)(H,22,23,26);2-6H,1H3. The molecule has 34 heavy (non-hydrogen) atoms. The summed E-state index contributed by atoms with van der Waals surface area (Å²) in [5, 5.41) is 2.51. The Labute approximate surface area is 199 Å². The molecule has 2 unspecified atom stereocenters. The monoisotopic (exact) mass is 452 g/mol. The van der Waals surface area contributed by atoms with Crippen LogP contribution in [0.3, 0.4) is 0 Å². The Balaban J connectivity index is 0.000000336. The normalized spacial score (nSPS) is 17.2. The Hall–Kier alpha value is -4.06. The molecule has 2 N–H and O–H groups in total. The fraction of sp³-hybridized carbons (Fsp3) is 0.214. The van der Waals surface area contributed by atoms with E-state index >= 15 is 0 Å². The molecule has 1 saturated carbocycles. The van der Waals surface area contributed by atoms with E-state index in [4.69, 9.17) is 0 Å². The summed E-state index contributed by atoms with van der Waals surface area (Å²) >= 11 is 0. The number of ketones is 1. The first-order valence-electron chi connectivity index (χ1n) is 11.3. The topological polar surface area (TPSA) is 87.7 Å². The van der Waals surface area contributed by atoms with Gasteiger partial charge in [0.05, 0.1) is 17.2 Å². The molecule has 5 rings (SSSR count). The van der Waals surface area contributed by atoms with E-state index in [-0.39, 0.29) is 11.7 Å². The molecule has 2 heterocycles. The van der Waals surface area contributed by atoms with Crippen LogP contribution in [0.1, 0.15) is 35.7 Å². The first-order chi connectivity index (χ1) is 16.4. The van der Waals surface area contributed by atoms with Crippen molar-refractivity contribution in [3.05, 3.63) is 90.1 Å². The molecule has 0 aliphatic heterocycles. The zero-order chi connectivity index (χ0) is 24.1. The van der Waals surface area contributed by atoms with Crippen molar-refractivity contribution in [1.29, 1.82) is 0 Å². The quantitative estimate of drug-likeness (QED) is 0.222. The Morgan fingerprint density at radius 2 is 1.88 bits per heavy atom. The number of carbonyl (C=O) groups is 2. The van der Waals surface area contributed by atoms with Crippen LogP contribution in [-0.2, 0) is 4.79 Å². The number of hydrogen-bond donors (Lipinski definition) is 2. The molecule has 172 valence electrons. The van der Waals surface area contributed by atoms with Crippen LogP contribution in [0.15, 0.2) is 79.0 Å². The summed E-state index contributed by atoms with van der Waals surface area (Å²) in [6.07, 6.45) is 4.02. The van der Waals surface area contributed by atoms with Crippen molar-refractivity contribution in [3.63, 3.8) is 0 Å². The zero-order valence-electron chi connectivity index (χ0n) is 19.4. The molecule has 2 aromatic carbocycles. The second kappa shape index (κ2) is 10.3. The molecule has 6 nitrogen and oxygen atoms in total. The minimum absolute atomic E-state index is 0.0631. The summed E-state index contributed by atoms with van der Waals surface area (Å²) in [6, 6.07) is 19.4. The molecule has 0 spiro atoms. The lowest BCUT2D eigenvalue weighted by Gasteiger charge is -2.10. The van der Waals surface area contributed by atoms with Crippen LogP contribution < -0.4 is 5.32 Å². The smallest absolute Gasteiger partial charge is 0.212 e. The fourth-order valence-electron chi connectivity index (χ4n) is 4.25. The number of amides is 1. The number of aromatic amines is 1. The number of H-pyrrole nitrogens is 1. The SMILES string of the molecule is C=C1CC(C)CC1C(=O)c1ccc(-c2nc3cc(NC=O)ncc3[nH]2)cc1.Cc1ccccc1. The zero-order valence-corrected chi connectivity index (χ0v) is 19.4. The van der Waals surface area contributed by atoms with Gasteiger partial charge < -0.3 is 10.3 Å². The molecule has 4 aromatic rings. The molecule has 2 aromatic heterocycles. The maximum Gasteiger partial charge on any atom is 0.212 e. The number of pyridine rings is 1. The summed E-state index contributed by atoms with van der Waals surface area (Å²) in [7, 11) is 0. The molecule has 1 aliphatic carbocycles. The third kappa shape index (κ3) is 5.29. The van der Waals surface area contributed by atoms with Crippen molar-refractivity contribution in [1.82, 2.24) is 15.0 Å². The molecule has 0 saturated heterocycles. The number of nitrogens with one attached hydrogen (secondary N) is 2. The van der Waals surface area contributed by atoms with Gasteiger partial charge in [-0.05, 0) is 25.7 Å². The van der Waals surface area contributed by atoms with Crippen LogP contribution >= 0.6 is 0 Å². The minimum atomic E-state index is -0.0631. The van der Waals surface area contributed by atoms with Crippen molar-refractivity contribution in [2.45, 2.75) is 26.7 Å². The van der Waals surface area contributed by atoms with Crippen LogP contribution in [0.2, 0.25) is 0 Å². The number of Topliss-reactive ketones (excluding diaryl/α,β-unsaturated/α-hetero) is 1. The fourth-order valence-corrected chi connectivity index (χ4v) is 4.25. The maximum atomic E-state index is 12.8. The molecule has 0 bridgehead atoms. The Kier molecular flexibility index (Phi) is 6.97. The molecule has 6 heteroatoms. The van der Waals surface area contributed by atoms with Gasteiger partial charge in [0.2, 0.25) is 6.41 Å². The number of imidazole rings is 1. The maximum absolute atomic E-state index is 12.8. The number of rotatable bonds is 5. The number of aromatic nitrogens is 3. The molecule has 2 atom stereocenters. The summed E-state index contributed by atoms with van der Waals surface area (Å²) in [5.74, 6) is 1.74. The Bertz CT molecular complexity index is 1310.